The van der Waals surface area contributed by atoms with Gasteiger partial charge in [0.1, 0.15) is 11.3 Å². The Kier molecular flexibility index (Phi) is 3.67. The molecule has 0 spiro atoms. The second kappa shape index (κ2) is 5.88. The summed E-state index contributed by atoms with van der Waals surface area (Å²) in [6.07, 6.45) is 1.91. The lowest BCUT2D eigenvalue weighted by atomic mass is 9.95. The maximum absolute atomic E-state index is 13.2. The zero-order valence-electron chi connectivity index (χ0n) is 14.6. The SMILES string of the molecule is COc1ccc(C)c2c1N(C(=O)c1ccc3c(c1)nnn3C)CCC2. The molecule has 1 aliphatic heterocycles. The predicted molar refractivity (Wildman–Crippen MR) is 96.2 cm³/mol. The highest BCUT2D eigenvalue weighted by molar-refractivity contribution is 6.09. The minimum Gasteiger partial charge on any atom is -0.495 e. The van der Waals surface area contributed by atoms with E-state index in [0.717, 1.165) is 35.3 Å². The molecule has 0 bridgehead atoms. The van der Waals surface area contributed by atoms with E-state index in [1.807, 2.05) is 30.1 Å². The van der Waals surface area contributed by atoms with Gasteiger partial charge < -0.3 is 9.64 Å². The molecule has 0 N–H and O–H groups in total. The zero-order chi connectivity index (χ0) is 17.6. The molecule has 0 saturated carbocycles. The number of methoxy groups -OCH3 is 1. The van der Waals surface area contributed by atoms with Crippen LogP contribution in [0.15, 0.2) is 30.3 Å². The van der Waals surface area contributed by atoms with Crippen molar-refractivity contribution in [1.29, 1.82) is 0 Å². The number of aryl methyl sites for hydroxylation is 2. The molecule has 1 aliphatic rings. The van der Waals surface area contributed by atoms with E-state index in [4.69, 9.17) is 4.74 Å². The van der Waals surface area contributed by atoms with Crippen molar-refractivity contribution < 1.29 is 9.53 Å². The van der Waals surface area contributed by atoms with Crippen LogP contribution in [0.4, 0.5) is 5.69 Å². The van der Waals surface area contributed by atoms with Crippen molar-refractivity contribution in [3.8, 4) is 5.75 Å². The molecular formula is C19H20N4O2. The van der Waals surface area contributed by atoms with Gasteiger partial charge in [0, 0.05) is 19.2 Å². The number of amides is 1. The first-order chi connectivity index (χ1) is 12.1. The topological polar surface area (TPSA) is 60.2 Å². The van der Waals surface area contributed by atoms with Crippen LogP contribution in [-0.4, -0.2) is 34.6 Å². The van der Waals surface area contributed by atoms with Crippen LogP contribution in [-0.2, 0) is 13.5 Å². The van der Waals surface area contributed by atoms with Gasteiger partial charge in [-0.1, -0.05) is 11.3 Å². The van der Waals surface area contributed by atoms with E-state index < -0.39 is 0 Å². The number of anilines is 1. The fourth-order valence-electron chi connectivity index (χ4n) is 3.55. The Morgan fingerprint density at radius 2 is 2.08 bits per heavy atom. The van der Waals surface area contributed by atoms with Crippen LogP contribution in [0.1, 0.15) is 27.9 Å². The second-order valence-electron chi connectivity index (χ2n) is 6.39. The summed E-state index contributed by atoms with van der Waals surface area (Å²) >= 11 is 0. The van der Waals surface area contributed by atoms with Crippen molar-refractivity contribution in [3.63, 3.8) is 0 Å². The monoisotopic (exact) mass is 336 g/mol. The van der Waals surface area contributed by atoms with E-state index in [2.05, 4.69) is 23.3 Å². The molecule has 6 nitrogen and oxygen atoms in total. The number of nitrogens with zero attached hydrogens (tertiary/aromatic N) is 4. The van der Waals surface area contributed by atoms with E-state index >= 15 is 0 Å². The Morgan fingerprint density at radius 1 is 1.24 bits per heavy atom. The van der Waals surface area contributed by atoms with Crippen molar-refractivity contribution in [3.05, 3.63) is 47.0 Å². The van der Waals surface area contributed by atoms with Crippen LogP contribution < -0.4 is 9.64 Å². The minimum absolute atomic E-state index is 0.0302. The minimum atomic E-state index is -0.0302. The van der Waals surface area contributed by atoms with E-state index in [-0.39, 0.29) is 5.91 Å². The lowest BCUT2D eigenvalue weighted by Gasteiger charge is -2.32. The number of carbonyl (C=O) groups excluding carboxylic acids is 1. The Morgan fingerprint density at radius 3 is 2.88 bits per heavy atom. The molecule has 25 heavy (non-hydrogen) atoms. The summed E-state index contributed by atoms with van der Waals surface area (Å²) in [4.78, 5) is 15.0. The Bertz CT molecular complexity index is 977. The Hall–Kier alpha value is -2.89. The number of aromatic nitrogens is 3. The molecule has 0 saturated heterocycles. The van der Waals surface area contributed by atoms with Crippen molar-refractivity contribution >= 4 is 22.6 Å². The van der Waals surface area contributed by atoms with E-state index in [1.54, 1.807) is 17.9 Å². The molecule has 0 fully saturated rings. The summed E-state index contributed by atoms with van der Waals surface area (Å²) in [7, 11) is 3.49. The van der Waals surface area contributed by atoms with Gasteiger partial charge >= 0.3 is 0 Å². The molecule has 1 amide bonds. The number of hydrogen-bond donors (Lipinski definition) is 0. The van der Waals surface area contributed by atoms with E-state index in [9.17, 15) is 4.79 Å². The maximum Gasteiger partial charge on any atom is 0.258 e. The summed E-state index contributed by atoms with van der Waals surface area (Å²) < 4.78 is 7.24. The van der Waals surface area contributed by atoms with Crippen LogP contribution in [0.5, 0.6) is 5.75 Å². The zero-order valence-corrected chi connectivity index (χ0v) is 14.6. The van der Waals surface area contributed by atoms with Crippen LogP contribution in [0.2, 0.25) is 0 Å². The third kappa shape index (κ3) is 2.45. The largest absolute Gasteiger partial charge is 0.495 e. The number of benzene rings is 2. The van der Waals surface area contributed by atoms with Crippen LogP contribution in [0.25, 0.3) is 11.0 Å². The normalized spacial score (nSPS) is 13.8. The predicted octanol–water partition coefficient (Wildman–Crippen LogP) is 2.88. The van der Waals surface area contributed by atoms with Crippen molar-refractivity contribution in [2.75, 3.05) is 18.6 Å². The van der Waals surface area contributed by atoms with Gasteiger partial charge in [0.15, 0.2) is 0 Å². The molecule has 4 rings (SSSR count). The molecule has 2 heterocycles. The van der Waals surface area contributed by atoms with Gasteiger partial charge in [-0.05, 0) is 55.2 Å². The Labute approximate surface area is 146 Å². The highest BCUT2D eigenvalue weighted by Crippen LogP contribution is 2.39. The smallest absolute Gasteiger partial charge is 0.258 e. The van der Waals surface area contributed by atoms with E-state index in [0.29, 0.717) is 12.1 Å². The highest BCUT2D eigenvalue weighted by Gasteiger charge is 2.28. The number of carbonyl (C=O) groups is 1. The van der Waals surface area contributed by atoms with Gasteiger partial charge in [-0.3, -0.25) is 4.79 Å². The lowest BCUT2D eigenvalue weighted by Crippen LogP contribution is -2.36. The third-order valence-corrected chi connectivity index (χ3v) is 4.88. The highest BCUT2D eigenvalue weighted by atomic mass is 16.5. The molecule has 0 aliphatic carbocycles. The first-order valence-electron chi connectivity index (χ1n) is 8.38. The number of rotatable bonds is 2. The summed E-state index contributed by atoms with van der Waals surface area (Å²) in [5.41, 5.74) is 5.53. The van der Waals surface area contributed by atoms with Crippen molar-refractivity contribution in [2.45, 2.75) is 19.8 Å². The fourth-order valence-corrected chi connectivity index (χ4v) is 3.55. The molecule has 3 aromatic rings. The number of ether oxygens (including phenoxy) is 1. The van der Waals surface area contributed by atoms with Gasteiger partial charge in [-0.2, -0.15) is 0 Å². The molecule has 0 atom stereocenters. The van der Waals surface area contributed by atoms with Crippen molar-refractivity contribution in [2.24, 2.45) is 7.05 Å². The van der Waals surface area contributed by atoms with Crippen molar-refractivity contribution in [1.82, 2.24) is 15.0 Å². The van der Waals surface area contributed by atoms with Gasteiger partial charge in [-0.25, -0.2) is 4.68 Å². The maximum atomic E-state index is 13.2. The molecule has 6 heteroatoms. The average molecular weight is 336 g/mol. The number of hydrogen-bond acceptors (Lipinski definition) is 4. The molecule has 128 valence electrons. The van der Waals surface area contributed by atoms with Crippen LogP contribution >= 0.6 is 0 Å². The quantitative estimate of drug-likeness (QED) is 0.722. The Balaban J connectivity index is 1.80. The number of fused-ring (bicyclic) bond motifs is 2. The van der Waals surface area contributed by atoms with E-state index in [1.165, 1.54) is 11.1 Å². The van der Waals surface area contributed by atoms with Crippen LogP contribution in [0.3, 0.4) is 0 Å². The first-order valence-corrected chi connectivity index (χ1v) is 8.38. The fraction of sp³-hybridized carbons (Fsp3) is 0.316. The summed E-state index contributed by atoms with van der Waals surface area (Å²) in [5, 5.41) is 8.12. The summed E-state index contributed by atoms with van der Waals surface area (Å²) in [6.45, 7) is 2.77. The second-order valence-corrected chi connectivity index (χ2v) is 6.39. The molecule has 0 radical (unpaired) electrons. The molecule has 0 unspecified atom stereocenters. The van der Waals surface area contributed by atoms with Gasteiger partial charge in [0.2, 0.25) is 0 Å². The standard InChI is InChI=1S/C19H20N4O2/c1-12-6-9-17(25-3)18-14(12)5-4-10-23(18)19(24)13-7-8-16-15(11-13)20-21-22(16)2/h6-9,11H,4-5,10H2,1-3H3. The summed E-state index contributed by atoms with van der Waals surface area (Å²) in [6, 6.07) is 9.52. The molecule has 1 aromatic heterocycles. The van der Waals surface area contributed by atoms with Crippen LogP contribution in [0, 0.1) is 6.92 Å². The van der Waals surface area contributed by atoms with Gasteiger partial charge in [-0.15, -0.1) is 5.10 Å². The first kappa shape index (κ1) is 15.6. The molecular weight excluding hydrogens is 316 g/mol. The summed E-state index contributed by atoms with van der Waals surface area (Å²) in [5.74, 6) is 0.714. The third-order valence-electron chi connectivity index (χ3n) is 4.88. The molecule has 2 aromatic carbocycles. The average Bonchev–Trinajstić information content (AvgIpc) is 3.02. The lowest BCUT2D eigenvalue weighted by molar-refractivity contribution is 0.0984. The van der Waals surface area contributed by atoms with Gasteiger partial charge in [0.05, 0.1) is 18.3 Å². The van der Waals surface area contributed by atoms with Gasteiger partial charge in [0.25, 0.3) is 5.91 Å².